The number of aliphatic hydroxyl groups excluding tert-OH is 21. The lowest BCUT2D eigenvalue weighted by atomic mass is 9.87. The Labute approximate surface area is 609 Å². The molecule has 49 heteroatoms. The van der Waals surface area contributed by atoms with E-state index in [2.05, 4.69) is 20.7 Å². The van der Waals surface area contributed by atoms with Crippen molar-refractivity contribution in [2.45, 2.75) is 278 Å². The molecule has 0 saturated carbocycles. The normalized spacial score (nSPS) is 43.4. The Morgan fingerprint density at radius 2 is 0.843 bits per heavy atom. The van der Waals surface area contributed by atoms with E-state index in [-0.39, 0.29) is 0 Å². The van der Waals surface area contributed by atoms with Gasteiger partial charge in [0.05, 0.1) is 76.1 Å². The highest BCUT2D eigenvalue weighted by atomic mass is 16.8. The summed E-state index contributed by atoms with van der Waals surface area (Å²) in [6.07, 6.45) is -76.7. The van der Waals surface area contributed by atoms with Crippen molar-refractivity contribution in [2.75, 3.05) is 46.2 Å². The topological polar surface area (TPSA) is 796 Å². The first-order valence-electron chi connectivity index (χ1n) is 33.5. The zero-order valence-corrected chi connectivity index (χ0v) is 57.7. The van der Waals surface area contributed by atoms with Crippen molar-refractivity contribution in [3.8, 4) is 0 Å². The maximum atomic E-state index is 13.8. The quantitative estimate of drug-likeness (QED) is 0.0278. The van der Waals surface area contributed by atoms with Crippen molar-refractivity contribution < 1.29 is 222 Å². The predicted molar refractivity (Wildman–Crippen MR) is 330 cm³/mol. The lowest BCUT2D eigenvalue weighted by Gasteiger charge is -2.53. The number of nitrogens with one attached hydrogen (secondary N) is 3. The molecule has 7 heterocycles. The summed E-state index contributed by atoms with van der Waals surface area (Å²) in [6.45, 7) is -5.46. The van der Waals surface area contributed by atoms with E-state index in [0.717, 1.165) is 27.7 Å². The van der Waals surface area contributed by atoms with Gasteiger partial charge < -0.3 is 211 Å². The standard InChI is InChI=1S/C59H96N4O45/c1-15(70)61-30-20(75)7-59(56(93)94,105-46(30)33(79)22(77)8-64)108-49-41(87)53(100-42-27(12-68)96-50(88)39(85)38(42)84)99-28(13-69)43(49)101-51-32(63-17(3)72)45(35(81)24(9-65)97-51)102-52-40(86)48(36(82)25(10-66)98-52)107-58(55(91)92)6-21(76)31(62-16(2)71)47(106-58)37(83)26(11-67)103-57(54(89)90)5-19(74)29(60)44(104-57)34(80)23(78)14-95-18(4)73/h19-53,64-69,74-88H,5-14,60H2,1-4H3,(H,61,70)(H,62,71)(H,63,72)(H,89,90)(H,91,92)(H,93,94)/t19-,20-,21-,22+,23+,24+,25+,26+,27+,28+,29+,30+,31+,32+,33+,34+,35-,36-,37+,38+,39+,40+,41+,42+,43-,44+,45+,46+,47+,48-,49+,50+,51-,52-,53-,57+,58-,59-/m0/s1. The Hall–Kier alpha value is -5.11. The summed E-state index contributed by atoms with van der Waals surface area (Å²) >= 11 is 0. The van der Waals surface area contributed by atoms with E-state index in [9.17, 15) is 156 Å². The number of nitrogens with two attached hydrogens (primary N) is 1. The maximum Gasteiger partial charge on any atom is 0.364 e. The molecule has 0 aromatic heterocycles. The van der Waals surface area contributed by atoms with Gasteiger partial charge >= 0.3 is 23.9 Å². The fraction of sp³-hybridized carbons (Fsp3) is 0.881. The van der Waals surface area contributed by atoms with E-state index in [1.807, 2.05) is 0 Å². The number of amides is 3. The summed E-state index contributed by atoms with van der Waals surface area (Å²) in [5, 5.41) is 273. The van der Waals surface area contributed by atoms with E-state index in [4.69, 9.17) is 67.3 Å². The minimum absolute atomic E-state index is 0.817. The maximum absolute atomic E-state index is 13.8. The molecule has 0 aromatic carbocycles. The number of carboxylic acids is 3. The lowest BCUT2D eigenvalue weighted by Crippen LogP contribution is -2.72. The van der Waals surface area contributed by atoms with Crippen LogP contribution in [0.1, 0.15) is 47.0 Å². The Morgan fingerprint density at radius 3 is 1.31 bits per heavy atom. The van der Waals surface area contributed by atoms with Crippen molar-refractivity contribution in [1.29, 1.82) is 0 Å². The number of hydrogen-bond acceptors (Lipinski definition) is 43. The average Bonchev–Trinajstić information content (AvgIpc) is 0.752. The fourth-order valence-electron chi connectivity index (χ4n) is 13.5. The van der Waals surface area contributed by atoms with Crippen LogP contribution in [0.4, 0.5) is 0 Å². The van der Waals surface area contributed by atoms with Gasteiger partial charge in [-0.2, -0.15) is 0 Å². The van der Waals surface area contributed by atoms with Crippen LogP contribution in [0, 0.1) is 0 Å². The molecule has 0 aliphatic carbocycles. The molecule has 7 rings (SSSR count). The summed E-state index contributed by atoms with van der Waals surface area (Å²) in [4.78, 5) is 90.6. The first kappa shape index (κ1) is 90.1. The molecule has 0 spiro atoms. The van der Waals surface area contributed by atoms with Crippen molar-refractivity contribution in [1.82, 2.24) is 16.0 Å². The average molecular weight is 1580 g/mol. The van der Waals surface area contributed by atoms with Crippen LogP contribution < -0.4 is 21.7 Å². The summed E-state index contributed by atoms with van der Waals surface area (Å²) in [5.41, 5.74) is 6.02. The van der Waals surface area contributed by atoms with Crippen molar-refractivity contribution in [3.05, 3.63) is 0 Å². The number of ether oxygens (including phenoxy) is 14. The Morgan fingerprint density at radius 1 is 0.435 bits per heavy atom. The zero-order chi connectivity index (χ0) is 80.8. The van der Waals surface area contributed by atoms with Gasteiger partial charge in [-0.05, 0) is 0 Å². The number of hydrogen-bond donors (Lipinski definition) is 28. The Balaban J connectivity index is 1.26. The molecule has 0 radical (unpaired) electrons. The third kappa shape index (κ3) is 19.6. The van der Waals surface area contributed by atoms with E-state index in [1.165, 1.54) is 0 Å². The third-order valence-corrected chi connectivity index (χ3v) is 19.0. The molecular weight excluding hydrogens is 1480 g/mol. The largest absolute Gasteiger partial charge is 0.477 e. The van der Waals surface area contributed by atoms with Crippen LogP contribution in [0.15, 0.2) is 0 Å². The van der Waals surface area contributed by atoms with Crippen molar-refractivity contribution in [2.24, 2.45) is 5.73 Å². The smallest absolute Gasteiger partial charge is 0.364 e. The van der Waals surface area contributed by atoms with Crippen LogP contribution >= 0.6 is 0 Å². The molecule has 108 heavy (non-hydrogen) atoms. The molecule has 7 aliphatic rings. The Kier molecular flexibility index (Phi) is 31.4. The van der Waals surface area contributed by atoms with Gasteiger partial charge in [0.1, 0.15) is 159 Å². The number of carbonyl (C=O) groups is 7. The van der Waals surface area contributed by atoms with Gasteiger partial charge in [0.15, 0.2) is 25.2 Å². The van der Waals surface area contributed by atoms with Crippen LogP contribution in [0.25, 0.3) is 0 Å². The predicted octanol–water partition coefficient (Wildman–Crippen LogP) is -17.7. The number of aliphatic carboxylic acids is 3. The van der Waals surface area contributed by atoms with Crippen LogP contribution in [0.3, 0.4) is 0 Å². The van der Waals surface area contributed by atoms with Crippen LogP contribution in [-0.2, 0) is 99.9 Å². The van der Waals surface area contributed by atoms with Crippen LogP contribution in [0.5, 0.6) is 0 Å². The molecule has 0 bridgehead atoms. The van der Waals surface area contributed by atoms with Gasteiger partial charge in [-0.1, -0.05) is 0 Å². The van der Waals surface area contributed by atoms with Crippen molar-refractivity contribution >= 4 is 41.6 Å². The number of carboxylic acid groups (broad SMARTS) is 3. The molecule has 29 N–H and O–H groups in total. The highest BCUT2D eigenvalue weighted by molar-refractivity contribution is 5.78. The van der Waals surface area contributed by atoms with Gasteiger partial charge in [-0.25, -0.2) is 14.4 Å². The molecule has 622 valence electrons. The molecular formula is C59H96N4O45. The minimum Gasteiger partial charge on any atom is -0.477 e. The van der Waals surface area contributed by atoms with Gasteiger partial charge in [-0.3, -0.25) is 19.2 Å². The first-order chi connectivity index (χ1) is 50.5. The number of esters is 1. The van der Waals surface area contributed by atoms with Gasteiger partial charge in [-0.15, -0.1) is 0 Å². The summed E-state index contributed by atoms with van der Waals surface area (Å²) in [6, 6.07) is -7.92. The zero-order valence-electron chi connectivity index (χ0n) is 57.7. The molecule has 3 amide bonds. The van der Waals surface area contributed by atoms with E-state index < -0.39 is 339 Å². The molecule has 0 unspecified atom stereocenters. The number of carbonyl (C=O) groups excluding carboxylic acids is 4. The second-order valence-electron chi connectivity index (χ2n) is 26.8. The van der Waals surface area contributed by atoms with Crippen molar-refractivity contribution in [3.63, 3.8) is 0 Å². The lowest BCUT2D eigenvalue weighted by molar-refractivity contribution is -0.404. The van der Waals surface area contributed by atoms with E-state index in [0.29, 0.717) is 0 Å². The highest BCUT2D eigenvalue weighted by Gasteiger charge is 2.65. The summed E-state index contributed by atoms with van der Waals surface area (Å²) in [5.74, 6) is -21.3. The molecule has 7 saturated heterocycles. The molecule has 49 nitrogen and oxygen atoms in total. The molecule has 38 atom stereocenters. The number of aliphatic hydroxyl groups is 21. The highest BCUT2D eigenvalue weighted by Crippen LogP contribution is 2.44. The molecule has 0 aromatic rings. The Bertz CT molecular complexity index is 3010. The van der Waals surface area contributed by atoms with Crippen LogP contribution in [0.2, 0.25) is 0 Å². The van der Waals surface area contributed by atoms with Gasteiger partial charge in [0.25, 0.3) is 17.4 Å². The van der Waals surface area contributed by atoms with Crippen LogP contribution in [-0.4, -0.2) is 442 Å². The summed E-state index contributed by atoms with van der Waals surface area (Å²) < 4.78 is 80.2. The fourth-order valence-corrected chi connectivity index (χ4v) is 13.5. The first-order valence-corrected chi connectivity index (χ1v) is 33.5. The monoisotopic (exact) mass is 1580 g/mol. The SMILES string of the molecule is CC(=O)N[C@H]1[C@H](O[C@@H]2[C@H](O[C@]3(C(=O)O)C[C@H](O)[C@@H](NC(C)=O)[C@H]([C@H](O)[C@H](O)CO)O3)[C@@H](O)[C@H](O[C@H]3[C@H](O)[C@@H](O)[C@H](O)O[C@@H]3CO)O[C@@H]2CO)O[C@H](CO)[C@H](O)[C@@H]1O[C@@H]1O[C@H](CO)[C@H](O)[C@H](O[C@]2(C(=O)O)C[C@H](O)[C@@H](NC(C)=O)[C@H]([C@H](O)[C@@H](CO)O[C@]3(C(=O)O)C[C@H](O)[C@@H](N)[C@H]([C@H](O)[C@H](O)COC(C)=O)O3)O2)[C@H]1O. The van der Waals surface area contributed by atoms with Gasteiger partial charge in [0, 0.05) is 47.0 Å². The third-order valence-electron chi connectivity index (χ3n) is 19.0. The van der Waals surface area contributed by atoms with E-state index in [1.54, 1.807) is 0 Å². The number of rotatable bonds is 32. The molecule has 7 aliphatic heterocycles. The second kappa shape index (κ2) is 37.7. The summed E-state index contributed by atoms with van der Waals surface area (Å²) in [7, 11) is 0. The molecule has 7 fully saturated rings. The van der Waals surface area contributed by atoms with Gasteiger partial charge in [0.2, 0.25) is 17.7 Å². The minimum atomic E-state index is -3.60. The van der Waals surface area contributed by atoms with E-state index >= 15 is 0 Å². The second-order valence-corrected chi connectivity index (χ2v) is 26.8.